The molecule has 38 heavy (non-hydrogen) atoms. The van der Waals surface area contributed by atoms with Crippen molar-refractivity contribution in [2.24, 2.45) is 4.99 Å². The molecule has 0 heterocycles. The highest BCUT2D eigenvalue weighted by atomic mass is 79.9. The van der Waals surface area contributed by atoms with Gasteiger partial charge in [-0.25, -0.2) is 4.79 Å². The summed E-state index contributed by atoms with van der Waals surface area (Å²) in [5.41, 5.74) is 4.24. The van der Waals surface area contributed by atoms with Crippen molar-refractivity contribution >= 4 is 81.2 Å². The molecule has 0 radical (unpaired) electrons. The van der Waals surface area contributed by atoms with Crippen LogP contribution in [0.3, 0.4) is 0 Å². The van der Waals surface area contributed by atoms with E-state index in [4.69, 9.17) is 9.73 Å². The Kier molecular flexibility index (Phi) is 9.87. The van der Waals surface area contributed by atoms with Crippen molar-refractivity contribution in [1.29, 1.82) is 0 Å². The fourth-order valence-corrected chi connectivity index (χ4v) is 6.85. The van der Waals surface area contributed by atoms with Gasteiger partial charge in [-0.15, -0.1) is 0 Å². The zero-order chi connectivity index (χ0) is 27.2. The molecule has 0 aliphatic carbocycles. The van der Waals surface area contributed by atoms with Gasteiger partial charge in [0, 0.05) is 41.0 Å². The fraction of sp³-hybridized carbons (Fsp3) is 0.100. The van der Waals surface area contributed by atoms with E-state index in [9.17, 15) is 9.59 Å². The van der Waals surface area contributed by atoms with Crippen molar-refractivity contribution in [3.05, 3.63) is 137 Å². The van der Waals surface area contributed by atoms with E-state index in [2.05, 4.69) is 63.7 Å². The Hall–Kier alpha value is -2.39. The van der Waals surface area contributed by atoms with Crippen molar-refractivity contribution in [2.45, 2.75) is 12.5 Å². The van der Waals surface area contributed by atoms with E-state index in [1.54, 1.807) is 12.1 Å². The van der Waals surface area contributed by atoms with Gasteiger partial charge in [0.1, 0.15) is 0 Å². The number of carbonyl (C=O) groups is 2. The van der Waals surface area contributed by atoms with E-state index in [0.717, 1.165) is 16.7 Å². The third-order valence-corrected chi connectivity index (χ3v) is 10.3. The lowest BCUT2D eigenvalue weighted by molar-refractivity contribution is -0.142. The third-order valence-electron chi connectivity index (χ3n) is 5.87. The topological polar surface area (TPSA) is 55.7 Å². The summed E-state index contributed by atoms with van der Waals surface area (Å²) in [4.78, 5) is 31.3. The van der Waals surface area contributed by atoms with Crippen LogP contribution in [0.2, 0.25) is 0 Å². The Morgan fingerprint density at radius 3 is 1.53 bits per heavy atom. The Balaban J connectivity index is 1.82. The lowest BCUT2D eigenvalue weighted by Crippen LogP contribution is -2.25. The van der Waals surface area contributed by atoms with Gasteiger partial charge >= 0.3 is 5.97 Å². The van der Waals surface area contributed by atoms with Gasteiger partial charge in [0.2, 0.25) is 0 Å². The Morgan fingerprint density at radius 1 is 0.684 bits per heavy atom. The average molecular weight is 763 g/mol. The molecule has 0 N–H and O–H groups in total. The normalized spacial score (nSPS) is 11.5. The van der Waals surface area contributed by atoms with Crippen LogP contribution in [0, 0.1) is 0 Å². The summed E-state index contributed by atoms with van der Waals surface area (Å²) < 4.78 is 7.62. The first kappa shape index (κ1) is 28.6. The number of esters is 1. The maximum atomic E-state index is 13.3. The van der Waals surface area contributed by atoms with Gasteiger partial charge in [-0.3, -0.25) is 9.79 Å². The number of aliphatic imine (C=N–C) groups is 1. The molecule has 0 bridgehead atoms. The molecule has 0 saturated carbocycles. The second-order valence-corrected chi connectivity index (χ2v) is 11.4. The first-order valence-electron chi connectivity index (χ1n) is 11.5. The standard InChI is InChI=1S/C30H21Br4NO3/c1-38-30(37)22(35-28(18-11-5-2-6-12-18)19-13-7-3-8-14-19)17-21-24(31)26(33)23(27(34)25(21)32)29(36)20-15-9-4-10-16-20/h2-16,22H,17H2,1H3. The molecule has 1 unspecified atom stereocenters. The number of benzene rings is 4. The smallest absolute Gasteiger partial charge is 0.330 e. The van der Waals surface area contributed by atoms with Gasteiger partial charge < -0.3 is 4.74 Å². The lowest BCUT2D eigenvalue weighted by atomic mass is 9.98. The summed E-state index contributed by atoms with van der Waals surface area (Å²) in [6.07, 6.45) is 0.216. The highest BCUT2D eigenvalue weighted by molar-refractivity contribution is 9.14. The Bertz CT molecular complexity index is 1420. The highest BCUT2D eigenvalue weighted by Crippen LogP contribution is 2.43. The molecule has 0 spiro atoms. The molecule has 0 amide bonds. The SMILES string of the molecule is COC(=O)C(Cc1c(Br)c(Br)c(C(=O)c2ccccc2)c(Br)c1Br)N=C(c1ccccc1)c1ccccc1. The van der Waals surface area contributed by atoms with E-state index >= 15 is 0 Å². The molecule has 8 heteroatoms. The van der Waals surface area contributed by atoms with Gasteiger partial charge in [0.05, 0.1) is 18.4 Å². The predicted molar refractivity (Wildman–Crippen MR) is 165 cm³/mol. The molecule has 4 aromatic rings. The minimum atomic E-state index is -0.850. The van der Waals surface area contributed by atoms with E-state index in [1.807, 2.05) is 78.9 Å². The molecule has 0 aliphatic heterocycles. The van der Waals surface area contributed by atoms with Crippen LogP contribution in [0.4, 0.5) is 0 Å². The summed E-state index contributed by atoms with van der Waals surface area (Å²) >= 11 is 14.5. The second-order valence-electron chi connectivity index (χ2n) is 8.26. The quantitative estimate of drug-likeness (QED) is 0.0783. The number of nitrogens with zero attached hydrogens (tertiary/aromatic N) is 1. The number of hydrogen-bond donors (Lipinski definition) is 0. The maximum absolute atomic E-state index is 13.3. The molecule has 4 nitrogen and oxygen atoms in total. The predicted octanol–water partition coefficient (Wildman–Crippen LogP) is 8.59. The van der Waals surface area contributed by atoms with Crippen LogP contribution in [0.15, 0.2) is 114 Å². The van der Waals surface area contributed by atoms with Crippen LogP contribution in [-0.4, -0.2) is 30.6 Å². The first-order valence-corrected chi connectivity index (χ1v) is 14.7. The van der Waals surface area contributed by atoms with Crippen molar-refractivity contribution in [3.63, 3.8) is 0 Å². The second kappa shape index (κ2) is 13.1. The lowest BCUT2D eigenvalue weighted by Gasteiger charge is -2.19. The average Bonchev–Trinajstić information content (AvgIpc) is 2.96. The maximum Gasteiger partial charge on any atom is 0.330 e. The van der Waals surface area contributed by atoms with Gasteiger partial charge in [0.15, 0.2) is 11.8 Å². The van der Waals surface area contributed by atoms with E-state index in [0.29, 0.717) is 34.7 Å². The minimum Gasteiger partial charge on any atom is -0.467 e. The van der Waals surface area contributed by atoms with Gasteiger partial charge in [0.25, 0.3) is 0 Å². The van der Waals surface area contributed by atoms with Crippen molar-refractivity contribution in [2.75, 3.05) is 7.11 Å². The van der Waals surface area contributed by atoms with Crippen LogP contribution in [0.1, 0.15) is 32.6 Å². The van der Waals surface area contributed by atoms with Crippen LogP contribution < -0.4 is 0 Å². The molecule has 4 rings (SSSR count). The van der Waals surface area contributed by atoms with Gasteiger partial charge in [-0.05, 0) is 69.3 Å². The molecule has 1 atom stereocenters. The van der Waals surface area contributed by atoms with Crippen molar-refractivity contribution in [1.82, 2.24) is 0 Å². The van der Waals surface area contributed by atoms with E-state index in [1.165, 1.54) is 7.11 Å². The number of halogens is 4. The van der Waals surface area contributed by atoms with Crippen LogP contribution >= 0.6 is 63.7 Å². The Morgan fingerprint density at radius 2 is 1.11 bits per heavy atom. The number of hydrogen-bond acceptors (Lipinski definition) is 4. The zero-order valence-corrected chi connectivity index (χ0v) is 26.5. The van der Waals surface area contributed by atoms with Crippen LogP contribution in [0.5, 0.6) is 0 Å². The van der Waals surface area contributed by atoms with Crippen molar-refractivity contribution in [3.8, 4) is 0 Å². The largest absolute Gasteiger partial charge is 0.467 e. The molecule has 0 fully saturated rings. The van der Waals surface area contributed by atoms with E-state index < -0.39 is 12.0 Å². The Labute approximate surface area is 255 Å². The molecule has 0 saturated heterocycles. The highest BCUT2D eigenvalue weighted by Gasteiger charge is 2.28. The van der Waals surface area contributed by atoms with Gasteiger partial charge in [-0.1, -0.05) is 91.0 Å². The number of methoxy groups -OCH3 is 1. The number of carbonyl (C=O) groups excluding carboxylic acids is 2. The zero-order valence-electron chi connectivity index (χ0n) is 20.1. The molecule has 192 valence electrons. The van der Waals surface area contributed by atoms with E-state index in [-0.39, 0.29) is 12.2 Å². The number of ether oxygens (including phenoxy) is 1. The summed E-state index contributed by atoms with van der Waals surface area (Å²) in [6, 6.07) is 27.7. The van der Waals surface area contributed by atoms with Crippen LogP contribution in [-0.2, 0) is 16.0 Å². The first-order chi connectivity index (χ1) is 18.3. The number of rotatable bonds is 8. The molecule has 0 aromatic heterocycles. The third kappa shape index (κ3) is 6.25. The van der Waals surface area contributed by atoms with Crippen molar-refractivity contribution < 1.29 is 14.3 Å². The number of ketones is 1. The molecule has 0 aliphatic rings. The monoisotopic (exact) mass is 759 g/mol. The summed E-state index contributed by atoms with van der Waals surface area (Å²) in [5, 5.41) is 0. The summed E-state index contributed by atoms with van der Waals surface area (Å²) in [7, 11) is 1.35. The summed E-state index contributed by atoms with van der Waals surface area (Å²) in [6.45, 7) is 0. The van der Waals surface area contributed by atoms with Crippen LogP contribution in [0.25, 0.3) is 0 Å². The molecule has 4 aromatic carbocycles. The minimum absolute atomic E-state index is 0.143. The summed E-state index contributed by atoms with van der Waals surface area (Å²) in [5.74, 6) is -0.611. The fourth-order valence-electron chi connectivity index (χ4n) is 3.96. The van der Waals surface area contributed by atoms with Gasteiger partial charge in [-0.2, -0.15) is 0 Å². The molecular formula is C30H21Br4NO3. The molecular weight excluding hydrogens is 742 g/mol.